The lowest BCUT2D eigenvalue weighted by Crippen LogP contribution is -2.16. The smallest absolute Gasteiger partial charge is 0.313 e. The quantitative estimate of drug-likeness (QED) is 0.0330. The van der Waals surface area contributed by atoms with Crippen molar-refractivity contribution in [3.63, 3.8) is 0 Å². The molecule has 1 aromatic carbocycles. The number of hydrogen-bond donors (Lipinski definition) is 0. The molecule has 0 bridgehead atoms. The fourth-order valence-corrected chi connectivity index (χ4v) is 2.89. The van der Waals surface area contributed by atoms with Crippen molar-refractivity contribution in [2.24, 2.45) is 0 Å². The van der Waals surface area contributed by atoms with E-state index in [4.69, 9.17) is 37.9 Å². The van der Waals surface area contributed by atoms with Gasteiger partial charge in [-0.1, -0.05) is 0 Å². The maximum Gasteiger partial charge on any atom is 0.313 e. The summed E-state index contributed by atoms with van der Waals surface area (Å²) in [6, 6.07) is 0. The largest absolute Gasteiger partial charge is 0.469 e. The van der Waals surface area contributed by atoms with E-state index in [0.717, 1.165) is 0 Å². The van der Waals surface area contributed by atoms with E-state index in [1.807, 2.05) is 0 Å². The molecule has 254 valence electrons. The highest BCUT2D eigenvalue weighted by molar-refractivity contribution is 5.72. The molecule has 0 aliphatic rings. The van der Waals surface area contributed by atoms with Crippen molar-refractivity contribution in [3.8, 4) is 5.75 Å². The van der Waals surface area contributed by atoms with E-state index in [2.05, 4.69) is 9.47 Å². The third-order valence-corrected chi connectivity index (χ3v) is 5.12. The van der Waals surface area contributed by atoms with Crippen LogP contribution in [0.15, 0.2) is 0 Å². The average Bonchev–Trinajstić information content (AvgIpc) is 3.02. The van der Waals surface area contributed by atoms with Crippen molar-refractivity contribution < 1.29 is 78.9 Å². The molecular weight excluding hydrogens is 611 g/mol. The van der Waals surface area contributed by atoms with Crippen molar-refractivity contribution in [1.29, 1.82) is 0 Å². The molecule has 0 aromatic heterocycles. The summed E-state index contributed by atoms with van der Waals surface area (Å²) in [5.74, 6) is -14.5. The second-order valence-electron chi connectivity index (χ2n) is 8.35. The first-order valence-corrected chi connectivity index (χ1v) is 13.7. The van der Waals surface area contributed by atoms with Gasteiger partial charge in [-0.2, -0.15) is 8.78 Å². The molecular formula is C27H39F5O12. The molecule has 0 unspecified atom stereocenters. The molecule has 17 heteroatoms. The van der Waals surface area contributed by atoms with Crippen molar-refractivity contribution in [1.82, 2.24) is 0 Å². The fraction of sp³-hybridized carbons (Fsp3) is 0.704. The number of carbonyl (C=O) groups is 2. The molecule has 0 aliphatic heterocycles. The summed E-state index contributed by atoms with van der Waals surface area (Å²) in [7, 11) is 1.33. The van der Waals surface area contributed by atoms with Gasteiger partial charge in [0.05, 0.1) is 126 Å². The first-order chi connectivity index (χ1) is 21.3. The predicted molar refractivity (Wildman–Crippen MR) is 140 cm³/mol. The van der Waals surface area contributed by atoms with Crippen molar-refractivity contribution >= 4 is 11.9 Å². The molecule has 0 saturated carbocycles. The van der Waals surface area contributed by atoms with Gasteiger partial charge in [-0.25, -0.2) is 13.2 Å². The Hall–Kier alpha value is -2.51. The number of carbonyl (C=O) groups excluding carboxylic acids is 2. The van der Waals surface area contributed by atoms with E-state index in [-0.39, 0.29) is 38.8 Å². The minimum Gasteiger partial charge on any atom is -0.469 e. The Bertz CT molecular complexity index is 912. The van der Waals surface area contributed by atoms with Gasteiger partial charge in [0, 0.05) is 0 Å². The predicted octanol–water partition coefficient (Wildman–Crippen LogP) is 2.37. The molecule has 0 aliphatic carbocycles. The number of methoxy groups -OCH3 is 1. The van der Waals surface area contributed by atoms with Crippen LogP contribution in [0.2, 0.25) is 0 Å². The van der Waals surface area contributed by atoms with Crippen LogP contribution in [0.3, 0.4) is 0 Å². The summed E-state index contributed by atoms with van der Waals surface area (Å²) in [4.78, 5) is 22.5. The first kappa shape index (κ1) is 39.5. The Balaban J connectivity index is 1.80. The Morgan fingerprint density at radius 3 is 0.955 bits per heavy atom. The number of esters is 2. The first-order valence-electron chi connectivity index (χ1n) is 13.7. The second kappa shape index (κ2) is 25.8. The Morgan fingerprint density at radius 1 is 0.409 bits per heavy atom. The standard InChI is InChI=1S/C27H39F5O12/c1-35-20(33)2-4-36-6-8-38-10-12-40-14-16-42-18-19-43-17-15-41-13-11-39-9-7-37-5-3-21(34)44-27-25(31)23(29)22(28)24(30)26(27)32/h2-19H2,1H3. The molecule has 1 aromatic rings. The van der Waals surface area contributed by atoms with Gasteiger partial charge >= 0.3 is 11.9 Å². The molecule has 0 N–H and O–H groups in total. The molecule has 0 heterocycles. The van der Waals surface area contributed by atoms with Gasteiger partial charge in [0.15, 0.2) is 0 Å². The molecule has 0 amide bonds. The monoisotopic (exact) mass is 650 g/mol. The molecule has 0 saturated heterocycles. The third kappa shape index (κ3) is 18.3. The summed E-state index contributed by atoms with van der Waals surface area (Å²) in [5.41, 5.74) is 0. The summed E-state index contributed by atoms with van der Waals surface area (Å²) in [6.45, 7) is 4.87. The summed E-state index contributed by atoms with van der Waals surface area (Å²) >= 11 is 0. The molecule has 1 rings (SSSR count). The SMILES string of the molecule is COC(=O)CCOCCOCCOCCOCCOCCOCCOCCOCCC(=O)Oc1c(F)c(F)c(F)c(F)c1F. The Morgan fingerprint density at radius 2 is 0.659 bits per heavy atom. The Kier molecular flexibility index (Phi) is 23.2. The number of halogens is 5. The zero-order valence-corrected chi connectivity index (χ0v) is 24.5. The van der Waals surface area contributed by atoms with Crippen LogP contribution < -0.4 is 4.74 Å². The minimum atomic E-state index is -2.35. The maximum absolute atomic E-state index is 13.5. The number of rotatable bonds is 28. The molecule has 0 atom stereocenters. The van der Waals surface area contributed by atoms with Crippen LogP contribution in [-0.4, -0.2) is 125 Å². The van der Waals surface area contributed by atoms with Gasteiger partial charge in [0.25, 0.3) is 0 Å². The molecule has 12 nitrogen and oxygen atoms in total. The van der Waals surface area contributed by atoms with E-state index in [1.54, 1.807) is 0 Å². The van der Waals surface area contributed by atoms with E-state index < -0.39 is 47.2 Å². The zero-order valence-electron chi connectivity index (χ0n) is 24.5. The molecule has 0 fully saturated rings. The van der Waals surface area contributed by atoms with Crippen molar-refractivity contribution in [2.75, 3.05) is 113 Å². The van der Waals surface area contributed by atoms with Gasteiger partial charge in [0.2, 0.25) is 34.8 Å². The average molecular weight is 651 g/mol. The summed E-state index contributed by atoms with van der Waals surface area (Å²) in [5, 5.41) is 0. The number of benzene rings is 1. The highest BCUT2D eigenvalue weighted by Crippen LogP contribution is 2.29. The molecule has 44 heavy (non-hydrogen) atoms. The normalized spacial score (nSPS) is 11.2. The highest BCUT2D eigenvalue weighted by Gasteiger charge is 2.28. The summed E-state index contributed by atoms with van der Waals surface area (Å²) in [6.07, 6.45) is -0.278. The van der Waals surface area contributed by atoms with E-state index in [0.29, 0.717) is 79.3 Å². The lowest BCUT2D eigenvalue weighted by atomic mass is 10.2. The van der Waals surface area contributed by atoms with E-state index in [1.165, 1.54) is 7.11 Å². The van der Waals surface area contributed by atoms with Crippen LogP contribution in [0.4, 0.5) is 22.0 Å². The third-order valence-electron chi connectivity index (χ3n) is 5.12. The molecule has 0 spiro atoms. The van der Waals surface area contributed by atoms with E-state index in [9.17, 15) is 31.5 Å². The van der Waals surface area contributed by atoms with Crippen LogP contribution in [0.5, 0.6) is 5.75 Å². The number of ether oxygens (including phenoxy) is 10. The second-order valence-corrected chi connectivity index (χ2v) is 8.35. The van der Waals surface area contributed by atoms with Crippen LogP contribution in [0.25, 0.3) is 0 Å². The van der Waals surface area contributed by atoms with Crippen LogP contribution >= 0.6 is 0 Å². The maximum atomic E-state index is 13.5. The van der Waals surface area contributed by atoms with Gasteiger partial charge in [-0.15, -0.1) is 0 Å². The van der Waals surface area contributed by atoms with Gasteiger partial charge < -0.3 is 47.4 Å². The van der Waals surface area contributed by atoms with Crippen molar-refractivity contribution in [3.05, 3.63) is 29.1 Å². The fourth-order valence-electron chi connectivity index (χ4n) is 2.89. The zero-order chi connectivity index (χ0) is 32.4. The van der Waals surface area contributed by atoms with Crippen LogP contribution in [0.1, 0.15) is 12.8 Å². The minimum absolute atomic E-state index is 0.0774. The van der Waals surface area contributed by atoms with E-state index >= 15 is 0 Å². The van der Waals surface area contributed by atoms with Gasteiger partial charge in [-0.3, -0.25) is 9.59 Å². The highest BCUT2D eigenvalue weighted by atomic mass is 19.2. The summed E-state index contributed by atoms with van der Waals surface area (Å²) < 4.78 is 117. The molecule has 0 radical (unpaired) electrons. The lowest BCUT2D eigenvalue weighted by Gasteiger charge is -2.09. The lowest BCUT2D eigenvalue weighted by molar-refractivity contribution is -0.142. The van der Waals surface area contributed by atoms with Crippen LogP contribution in [0, 0.1) is 29.1 Å². The van der Waals surface area contributed by atoms with Crippen molar-refractivity contribution in [2.45, 2.75) is 12.8 Å². The number of hydrogen-bond acceptors (Lipinski definition) is 12. The Labute approximate surface area is 251 Å². The van der Waals surface area contributed by atoms with Gasteiger partial charge in [-0.05, 0) is 0 Å². The van der Waals surface area contributed by atoms with Crippen LogP contribution in [-0.2, 0) is 52.2 Å². The topological polar surface area (TPSA) is 126 Å². The van der Waals surface area contributed by atoms with Gasteiger partial charge in [0.1, 0.15) is 0 Å².